The van der Waals surface area contributed by atoms with E-state index in [0.717, 1.165) is 25.8 Å². The van der Waals surface area contributed by atoms with Gasteiger partial charge < -0.3 is 9.80 Å². The molecule has 19 heavy (non-hydrogen) atoms. The highest BCUT2D eigenvalue weighted by Crippen LogP contribution is 2.29. The van der Waals surface area contributed by atoms with Crippen LogP contribution in [0.4, 0.5) is 0 Å². The lowest BCUT2D eigenvalue weighted by Crippen LogP contribution is -2.48. The molecule has 0 bridgehead atoms. The van der Waals surface area contributed by atoms with Crippen LogP contribution in [0.15, 0.2) is 0 Å². The molecule has 2 aliphatic rings. The van der Waals surface area contributed by atoms with Crippen LogP contribution in [0.5, 0.6) is 0 Å². The maximum absolute atomic E-state index is 12.2. The molecule has 6 heteroatoms. The Hall–Kier alpha value is -0.620. The van der Waals surface area contributed by atoms with E-state index in [0.29, 0.717) is 12.6 Å². The van der Waals surface area contributed by atoms with Crippen molar-refractivity contribution in [3.8, 4) is 0 Å². The molecule has 2 saturated heterocycles. The van der Waals surface area contributed by atoms with Crippen molar-refractivity contribution in [2.24, 2.45) is 0 Å². The Labute approximate surface area is 115 Å². The number of hydrogen-bond acceptors (Lipinski definition) is 4. The van der Waals surface area contributed by atoms with E-state index in [9.17, 15) is 13.2 Å². The predicted octanol–water partition coefficient (Wildman–Crippen LogP) is 0.506. The number of rotatable bonds is 4. The minimum absolute atomic E-state index is 0.0422. The van der Waals surface area contributed by atoms with Gasteiger partial charge in [0.05, 0.1) is 0 Å². The minimum Gasteiger partial charge on any atom is -0.337 e. The third kappa shape index (κ3) is 3.28. The fraction of sp³-hybridized carbons (Fsp3) is 0.923. The summed E-state index contributed by atoms with van der Waals surface area (Å²) in [4.78, 5) is 16.4. The molecule has 0 aliphatic carbocycles. The summed E-state index contributed by atoms with van der Waals surface area (Å²) in [6, 6.07) is 0.628. The third-order valence-electron chi connectivity index (χ3n) is 4.42. The monoisotopic (exact) mass is 288 g/mol. The SMILES string of the molecule is CCS(=O)(=O)CC(=O)N1CCC[C@@H]1[C@H]1CCCN1C. The van der Waals surface area contributed by atoms with Gasteiger partial charge in [-0.1, -0.05) is 6.92 Å². The predicted molar refractivity (Wildman–Crippen MR) is 74.7 cm³/mol. The third-order valence-corrected chi connectivity index (χ3v) is 5.99. The molecular weight excluding hydrogens is 264 g/mol. The van der Waals surface area contributed by atoms with Gasteiger partial charge in [0.15, 0.2) is 9.84 Å². The van der Waals surface area contributed by atoms with E-state index in [1.807, 2.05) is 4.90 Å². The Bertz CT molecular complexity index is 435. The van der Waals surface area contributed by atoms with E-state index in [1.54, 1.807) is 6.92 Å². The molecule has 2 atom stereocenters. The van der Waals surface area contributed by atoms with Crippen LogP contribution in [-0.2, 0) is 14.6 Å². The van der Waals surface area contributed by atoms with Crippen LogP contribution in [0.3, 0.4) is 0 Å². The number of hydrogen-bond donors (Lipinski definition) is 0. The number of sulfone groups is 1. The molecule has 1 amide bonds. The van der Waals surface area contributed by atoms with E-state index < -0.39 is 9.84 Å². The van der Waals surface area contributed by atoms with Crippen molar-refractivity contribution in [1.82, 2.24) is 9.80 Å². The summed E-state index contributed by atoms with van der Waals surface area (Å²) in [6.07, 6.45) is 4.29. The van der Waals surface area contributed by atoms with Crippen LogP contribution in [-0.4, -0.2) is 67.9 Å². The quantitative estimate of drug-likeness (QED) is 0.756. The molecular formula is C13H24N2O3S. The van der Waals surface area contributed by atoms with E-state index >= 15 is 0 Å². The van der Waals surface area contributed by atoms with Crippen LogP contribution >= 0.6 is 0 Å². The molecule has 0 saturated carbocycles. The smallest absolute Gasteiger partial charge is 0.238 e. The Kier molecular flexibility index (Phi) is 4.50. The average molecular weight is 288 g/mol. The standard InChI is InChI=1S/C13H24N2O3S/c1-3-19(17,18)10-13(16)15-9-5-7-12(15)11-6-4-8-14(11)2/h11-12H,3-10H2,1-2H3/t11-,12-/m1/s1. The second-order valence-electron chi connectivity index (χ2n) is 5.66. The first kappa shape index (κ1) is 14.8. The molecule has 2 aliphatic heterocycles. The summed E-state index contributed by atoms with van der Waals surface area (Å²) in [5, 5.41) is 0. The number of likely N-dealkylation sites (N-methyl/N-ethyl adjacent to an activating group) is 1. The highest BCUT2D eigenvalue weighted by atomic mass is 32.2. The second kappa shape index (κ2) is 5.79. The van der Waals surface area contributed by atoms with Crippen molar-refractivity contribution < 1.29 is 13.2 Å². The van der Waals surface area contributed by atoms with Gasteiger partial charge in [0.2, 0.25) is 5.91 Å². The van der Waals surface area contributed by atoms with Crippen molar-refractivity contribution in [3.63, 3.8) is 0 Å². The Balaban J connectivity index is 2.04. The Morgan fingerprint density at radius 1 is 1.16 bits per heavy atom. The molecule has 2 rings (SSSR count). The van der Waals surface area contributed by atoms with Gasteiger partial charge in [-0.3, -0.25) is 4.79 Å². The lowest BCUT2D eigenvalue weighted by Gasteiger charge is -2.33. The number of likely N-dealkylation sites (tertiary alicyclic amines) is 2. The van der Waals surface area contributed by atoms with Crippen molar-refractivity contribution in [2.75, 3.05) is 31.6 Å². The molecule has 110 valence electrons. The van der Waals surface area contributed by atoms with E-state index in [2.05, 4.69) is 11.9 Å². The van der Waals surface area contributed by atoms with E-state index in [-0.39, 0.29) is 23.5 Å². The lowest BCUT2D eigenvalue weighted by molar-refractivity contribution is -0.130. The van der Waals surface area contributed by atoms with Crippen molar-refractivity contribution in [3.05, 3.63) is 0 Å². The van der Waals surface area contributed by atoms with E-state index in [4.69, 9.17) is 0 Å². The highest BCUT2D eigenvalue weighted by Gasteiger charge is 2.38. The first-order chi connectivity index (χ1) is 8.94. The van der Waals surface area contributed by atoms with Crippen molar-refractivity contribution in [2.45, 2.75) is 44.7 Å². The van der Waals surface area contributed by atoms with Crippen LogP contribution < -0.4 is 0 Å². The largest absolute Gasteiger partial charge is 0.337 e. The van der Waals surface area contributed by atoms with Gasteiger partial charge in [-0.25, -0.2) is 8.42 Å². The summed E-state index contributed by atoms with van der Waals surface area (Å²) in [7, 11) is -1.12. The molecule has 0 N–H and O–H groups in total. The maximum atomic E-state index is 12.2. The summed E-state index contributed by atoms with van der Waals surface area (Å²) in [5.74, 6) is -0.485. The van der Waals surface area contributed by atoms with E-state index in [1.165, 1.54) is 6.42 Å². The molecule has 0 aromatic rings. The number of carbonyl (C=O) groups excluding carboxylic acids is 1. The van der Waals surface area contributed by atoms with Gasteiger partial charge >= 0.3 is 0 Å². The van der Waals surface area contributed by atoms with Gasteiger partial charge in [-0.15, -0.1) is 0 Å². The summed E-state index contributed by atoms with van der Waals surface area (Å²) >= 11 is 0. The zero-order valence-electron chi connectivity index (χ0n) is 11.8. The first-order valence-electron chi connectivity index (χ1n) is 7.14. The number of amides is 1. The highest BCUT2D eigenvalue weighted by molar-refractivity contribution is 7.92. The molecule has 0 spiro atoms. The topological polar surface area (TPSA) is 57.7 Å². The fourth-order valence-electron chi connectivity index (χ4n) is 3.30. The molecule has 0 aromatic heterocycles. The molecule has 2 heterocycles. The zero-order chi connectivity index (χ0) is 14.0. The average Bonchev–Trinajstić information content (AvgIpc) is 2.96. The summed E-state index contributed by atoms with van der Waals surface area (Å²) < 4.78 is 23.2. The molecule has 0 unspecified atom stereocenters. The number of nitrogens with zero attached hydrogens (tertiary/aromatic N) is 2. The minimum atomic E-state index is -3.22. The first-order valence-corrected chi connectivity index (χ1v) is 8.97. The van der Waals surface area contributed by atoms with Crippen LogP contribution in [0.1, 0.15) is 32.6 Å². The van der Waals surface area contributed by atoms with Gasteiger partial charge in [-0.05, 0) is 39.3 Å². The van der Waals surface area contributed by atoms with Gasteiger partial charge in [0.1, 0.15) is 5.75 Å². The van der Waals surface area contributed by atoms with Crippen molar-refractivity contribution >= 4 is 15.7 Å². The molecule has 0 radical (unpaired) electrons. The van der Waals surface area contributed by atoms with Crippen LogP contribution in [0, 0.1) is 0 Å². The maximum Gasteiger partial charge on any atom is 0.238 e. The Morgan fingerprint density at radius 2 is 1.79 bits per heavy atom. The van der Waals surface area contributed by atoms with Crippen LogP contribution in [0.25, 0.3) is 0 Å². The molecule has 0 aromatic carbocycles. The van der Waals surface area contributed by atoms with Gasteiger partial charge in [0, 0.05) is 24.4 Å². The zero-order valence-corrected chi connectivity index (χ0v) is 12.7. The fourth-order valence-corrected chi connectivity index (χ4v) is 4.04. The summed E-state index contributed by atoms with van der Waals surface area (Å²) in [6.45, 7) is 3.39. The number of carbonyl (C=O) groups is 1. The normalized spacial score (nSPS) is 29.1. The Morgan fingerprint density at radius 3 is 2.37 bits per heavy atom. The van der Waals surface area contributed by atoms with Crippen LogP contribution in [0.2, 0.25) is 0 Å². The van der Waals surface area contributed by atoms with Gasteiger partial charge in [-0.2, -0.15) is 0 Å². The second-order valence-corrected chi connectivity index (χ2v) is 8.02. The molecule has 2 fully saturated rings. The molecule has 5 nitrogen and oxygen atoms in total. The van der Waals surface area contributed by atoms with Crippen molar-refractivity contribution in [1.29, 1.82) is 0 Å². The lowest BCUT2D eigenvalue weighted by atomic mass is 10.0. The van der Waals surface area contributed by atoms with Gasteiger partial charge in [0.25, 0.3) is 0 Å². The summed E-state index contributed by atoms with van der Waals surface area (Å²) in [5.41, 5.74) is 0.